The third-order valence-electron chi connectivity index (χ3n) is 4.62. The van der Waals surface area contributed by atoms with Gasteiger partial charge in [0.1, 0.15) is 9.86 Å². The van der Waals surface area contributed by atoms with Crippen molar-refractivity contribution in [2.75, 3.05) is 0 Å². The first kappa shape index (κ1) is 18.1. The van der Waals surface area contributed by atoms with E-state index in [1.807, 2.05) is 42.6 Å². The number of nitrogens with zero attached hydrogens (tertiary/aromatic N) is 7. The zero-order valence-electron chi connectivity index (χ0n) is 16.0. The third kappa shape index (κ3) is 3.43. The highest BCUT2D eigenvalue weighted by Gasteiger charge is 2.17. The van der Waals surface area contributed by atoms with Gasteiger partial charge < -0.3 is 0 Å². The minimum absolute atomic E-state index is 0.554. The molecule has 0 saturated heterocycles. The Morgan fingerprint density at radius 3 is 2.61 bits per heavy atom. The van der Waals surface area contributed by atoms with Gasteiger partial charge in [0.15, 0.2) is 5.82 Å². The van der Waals surface area contributed by atoms with E-state index in [4.69, 9.17) is 9.97 Å². The van der Waals surface area contributed by atoms with Crippen LogP contribution in [0.25, 0.3) is 37.8 Å². The van der Waals surface area contributed by atoms with Crippen LogP contribution in [0.4, 0.5) is 0 Å². The van der Waals surface area contributed by atoms with E-state index in [-0.39, 0.29) is 0 Å². The summed E-state index contributed by atoms with van der Waals surface area (Å²) in [6, 6.07) is 18.1. The summed E-state index contributed by atoms with van der Waals surface area (Å²) in [5, 5.41) is 6.89. The van der Waals surface area contributed by atoms with Crippen LogP contribution < -0.4 is 0 Å². The Morgan fingerprint density at radius 2 is 1.77 bits per heavy atom. The van der Waals surface area contributed by atoms with Crippen molar-refractivity contribution in [2.45, 2.75) is 10.2 Å². The van der Waals surface area contributed by atoms with Crippen molar-refractivity contribution in [1.82, 2.24) is 34.5 Å². The van der Waals surface area contributed by atoms with Gasteiger partial charge in [0, 0.05) is 40.6 Å². The number of hydrogen-bond donors (Lipinski definition) is 0. The van der Waals surface area contributed by atoms with Gasteiger partial charge in [-0.3, -0.25) is 4.98 Å². The topological polar surface area (TPSA) is 81.8 Å². The Hall–Kier alpha value is -3.69. The minimum atomic E-state index is 0.554. The number of thiophene rings is 1. The van der Waals surface area contributed by atoms with Gasteiger partial charge in [-0.1, -0.05) is 30.3 Å². The number of hydrogen-bond acceptors (Lipinski definition) is 8. The van der Waals surface area contributed by atoms with Crippen LogP contribution in [0.15, 0.2) is 89.6 Å². The van der Waals surface area contributed by atoms with Crippen LogP contribution in [0, 0.1) is 0 Å². The zero-order valence-corrected chi connectivity index (χ0v) is 17.6. The lowest BCUT2D eigenvalue weighted by atomic mass is 10.2. The fourth-order valence-electron chi connectivity index (χ4n) is 3.19. The molecule has 31 heavy (non-hydrogen) atoms. The van der Waals surface area contributed by atoms with Crippen LogP contribution in [-0.2, 0) is 0 Å². The molecule has 5 aromatic heterocycles. The number of rotatable bonds is 4. The monoisotopic (exact) mass is 439 g/mol. The van der Waals surface area contributed by atoms with E-state index in [9.17, 15) is 0 Å². The Kier molecular flexibility index (Phi) is 4.40. The molecule has 1 aromatic carbocycles. The quantitative estimate of drug-likeness (QED) is 0.357. The first-order valence-electron chi connectivity index (χ1n) is 9.46. The van der Waals surface area contributed by atoms with Crippen LogP contribution >= 0.6 is 23.1 Å². The Balaban J connectivity index is 1.52. The lowest BCUT2D eigenvalue weighted by molar-refractivity contribution is 0.878. The highest BCUT2D eigenvalue weighted by molar-refractivity contribution is 7.99. The molecule has 0 bridgehead atoms. The van der Waals surface area contributed by atoms with Gasteiger partial charge in [-0.2, -0.15) is 4.98 Å². The molecule has 0 fully saturated rings. The summed E-state index contributed by atoms with van der Waals surface area (Å²) in [7, 11) is 0. The molecule has 6 aromatic rings. The molecule has 0 atom stereocenters. The summed E-state index contributed by atoms with van der Waals surface area (Å²) in [5.74, 6) is 1.18. The first-order chi connectivity index (χ1) is 15.3. The maximum Gasteiger partial charge on any atom is 0.253 e. The normalized spacial score (nSPS) is 11.4. The molecule has 0 spiro atoms. The molecule has 6 rings (SSSR count). The van der Waals surface area contributed by atoms with Crippen molar-refractivity contribution >= 4 is 39.1 Å². The van der Waals surface area contributed by atoms with E-state index in [1.165, 1.54) is 11.8 Å². The standard InChI is InChI=1S/C22H13N7S2/c1-2-6-14(7-3-1)17-12-16-19(30-17)25-18(15-8-4-9-23-13-15)26-20(16)31-22-27-21-24-10-5-11-29(21)28-22/h1-13H. The van der Waals surface area contributed by atoms with Gasteiger partial charge in [0.05, 0.1) is 0 Å². The fraction of sp³-hybridized carbons (Fsp3) is 0. The molecule has 7 nitrogen and oxygen atoms in total. The van der Waals surface area contributed by atoms with Crippen LogP contribution in [-0.4, -0.2) is 34.5 Å². The predicted octanol–water partition coefficient (Wildman–Crippen LogP) is 5.01. The van der Waals surface area contributed by atoms with Crippen molar-refractivity contribution in [2.24, 2.45) is 0 Å². The van der Waals surface area contributed by atoms with E-state index < -0.39 is 0 Å². The maximum absolute atomic E-state index is 4.85. The molecule has 0 aliphatic rings. The van der Waals surface area contributed by atoms with E-state index >= 15 is 0 Å². The molecule has 0 aliphatic carbocycles. The average Bonchev–Trinajstić information content (AvgIpc) is 3.44. The van der Waals surface area contributed by atoms with E-state index in [1.54, 1.807) is 34.4 Å². The summed E-state index contributed by atoms with van der Waals surface area (Å²) >= 11 is 3.06. The second-order valence-corrected chi connectivity index (χ2v) is 8.64. The second kappa shape index (κ2) is 7.53. The van der Waals surface area contributed by atoms with Gasteiger partial charge in [-0.25, -0.2) is 19.5 Å². The highest BCUT2D eigenvalue weighted by atomic mass is 32.2. The lowest BCUT2D eigenvalue weighted by Gasteiger charge is -2.04. The van der Waals surface area contributed by atoms with Crippen LogP contribution in [0.1, 0.15) is 0 Å². The summed E-state index contributed by atoms with van der Waals surface area (Å²) in [4.78, 5) is 24.7. The lowest BCUT2D eigenvalue weighted by Crippen LogP contribution is -1.92. The average molecular weight is 440 g/mol. The van der Waals surface area contributed by atoms with Crippen molar-refractivity contribution in [3.63, 3.8) is 0 Å². The number of aromatic nitrogens is 7. The molecular weight excluding hydrogens is 426 g/mol. The molecular formula is C22H13N7S2. The molecule has 0 radical (unpaired) electrons. The number of benzene rings is 1. The molecule has 0 unspecified atom stereocenters. The Morgan fingerprint density at radius 1 is 0.871 bits per heavy atom. The highest BCUT2D eigenvalue weighted by Crippen LogP contribution is 2.39. The van der Waals surface area contributed by atoms with Gasteiger partial charge in [-0.15, -0.1) is 16.4 Å². The molecule has 9 heteroatoms. The summed E-state index contributed by atoms with van der Waals surface area (Å²) in [5.41, 5.74) is 2.02. The van der Waals surface area contributed by atoms with Gasteiger partial charge >= 0.3 is 0 Å². The summed E-state index contributed by atoms with van der Waals surface area (Å²) < 4.78 is 1.66. The van der Waals surface area contributed by atoms with E-state index in [2.05, 4.69) is 38.2 Å². The van der Waals surface area contributed by atoms with Crippen molar-refractivity contribution in [3.05, 3.63) is 79.4 Å². The Labute approximate surface area is 184 Å². The molecule has 0 amide bonds. The molecule has 5 heterocycles. The van der Waals surface area contributed by atoms with Gasteiger partial charge in [0.25, 0.3) is 5.78 Å². The van der Waals surface area contributed by atoms with Crippen molar-refractivity contribution in [3.8, 4) is 21.8 Å². The summed E-state index contributed by atoms with van der Waals surface area (Å²) in [6.07, 6.45) is 7.04. The van der Waals surface area contributed by atoms with Gasteiger partial charge in [-0.05, 0) is 41.6 Å². The SMILES string of the molecule is c1ccc(-c2cc3c(Sc4nc5ncccn5n4)nc(-c4cccnc4)nc3s2)cc1. The van der Waals surface area contributed by atoms with E-state index in [0.717, 1.165) is 31.2 Å². The third-order valence-corrected chi connectivity index (χ3v) is 6.56. The van der Waals surface area contributed by atoms with Gasteiger partial charge in [0.2, 0.25) is 5.16 Å². The smallest absolute Gasteiger partial charge is 0.253 e. The van der Waals surface area contributed by atoms with Crippen molar-refractivity contribution < 1.29 is 0 Å². The van der Waals surface area contributed by atoms with Crippen LogP contribution in [0.2, 0.25) is 0 Å². The summed E-state index contributed by atoms with van der Waals surface area (Å²) in [6.45, 7) is 0. The first-order valence-corrected chi connectivity index (χ1v) is 11.1. The largest absolute Gasteiger partial charge is 0.264 e. The maximum atomic E-state index is 4.85. The van der Waals surface area contributed by atoms with E-state index in [0.29, 0.717) is 16.8 Å². The van der Waals surface area contributed by atoms with Crippen LogP contribution in [0.3, 0.4) is 0 Å². The molecule has 0 saturated carbocycles. The molecule has 148 valence electrons. The minimum Gasteiger partial charge on any atom is -0.264 e. The molecule has 0 N–H and O–H groups in total. The molecule has 0 aliphatic heterocycles. The second-order valence-electron chi connectivity index (χ2n) is 6.65. The number of pyridine rings is 1. The Bertz CT molecular complexity index is 1480. The zero-order chi connectivity index (χ0) is 20.6. The fourth-order valence-corrected chi connectivity index (χ4v) is 5.11. The van der Waals surface area contributed by atoms with Crippen molar-refractivity contribution in [1.29, 1.82) is 0 Å². The number of fused-ring (bicyclic) bond motifs is 2. The predicted molar refractivity (Wildman–Crippen MR) is 121 cm³/mol. The van der Waals surface area contributed by atoms with Crippen LogP contribution in [0.5, 0.6) is 0 Å².